The van der Waals surface area contributed by atoms with Crippen LogP contribution in [-0.4, -0.2) is 28.0 Å². The third-order valence-corrected chi connectivity index (χ3v) is 5.13. The van der Waals surface area contributed by atoms with Gasteiger partial charge < -0.3 is 15.9 Å². The molecule has 0 aromatic heterocycles. The number of aliphatic hydroxyl groups is 2. The van der Waals surface area contributed by atoms with Crippen molar-refractivity contribution in [2.75, 3.05) is 0 Å². The molecule has 2 atom stereocenters. The lowest BCUT2D eigenvalue weighted by molar-refractivity contribution is 0.0539. The van der Waals surface area contributed by atoms with Gasteiger partial charge in [0.25, 0.3) is 0 Å². The Labute approximate surface area is 137 Å². The highest BCUT2D eigenvalue weighted by Gasteiger charge is 2.45. The van der Waals surface area contributed by atoms with Crippen LogP contribution >= 0.6 is 0 Å². The standard InChI is InChI=1S/C19H39NO2/c1-2-3-4-5-6-7-8-9-10-11-12-13-17(21)16-18(22)19(20)14-15-19/h17-18,21-22H,2-16,20H2,1H3/t17?,18-/m0/s1. The van der Waals surface area contributed by atoms with Crippen molar-refractivity contribution in [3.8, 4) is 0 Å². The molecule has 0 saturated heterocycles. The Morgan fingerprint density at radius 3 is 1.73 bits per heavy atom. The summed E-state index contributed by atoms with van der Waals surface area (Å²) in [5, 5.41) is 19.8. The fourth-order valence-corrected chi connectivity index (χ4v) is 3.13. The molecule has 0 amide bonds. The summed E-state index contributed by atoms with van der Waals surface area (Å²) < 4.78 is 0. The second-order valence-electron chi connectivity index (χ2n) is 7.46. The summed E-state index contributed by atoms with van der Waals surface area (Å²) in [5.41, 5.74) is 5.56. The Hall–Kier alpha value is -0.120. The molecule has 0 aromatic rings. The molecule has 4 N–H and O–H groups in total. The predicted octanol–water partition coefficient (Wildman–Crippen LogP) is 4.29. The maximum Gasteiger partial charge on any atom is 0.0744 e. The van der Waals surface area contributed by atoms with Gasteiger partial charge in [-0.2, -0.15) is 0 Å². The van der Waals surface area contributed by atoms with Gasteiger partial charge in [-0.3, -0.25) is 0 Å². The van der Waals surface area contributed by atoms with Gasteiger partial charge in [-0.05, 0) is 19.3 Å². The monoisotopic (exact) mass is 313 g/mol. The van der Waals surface area contributed by atoms with Gasteiger partial charge in [-0.25, -0.2) is 0 Å². The van der Waals surface area contributed by atoms with Crippen LogP contribution in [0.25, 0.3) is 0 Å². The average Bonchev–Trinajstić information content (AvgIpc) is 3.24. The smallest absolute Gasteiger partial charge is 0.0744 e. The van der Waals surface area contributed by atoms with E-state index >= 15 is 0 Å². The first kappa shape index (κ1) is 19.9. The van der Waals surface area contributed by atoms with Crippen LogP contribution in [-0.2, 0) is 0 Å². The molecule has 132 valence electrons. The highest BCUT2D eigenvalue weighted by Crippen LogP contribution is 2.37. The zero-order valence-corrected chi connectivity index (χ0v) is 14.7. The molecule has 0 bridgehead atoms. The summed E-state index contributed by atoms with van der Waals surface area (Å²) in [5.74, 6) is 0. The third kappa shape index (κ3) is 9.12. The van der Waals surface area contributed by atoms with E-state index in [4.69, 9.17) is 5.73 Å². The Morgan fingerprint density at radius 1 is 0.818 bits per heavy atom. The van der Waals surface area contributed by atoms with E-state index in [0.717, 1.165) is 25.7 Å². The van der Waals surface area contributed by atoms with Crippen molar-refractivity contribution in [2.45, 2.75) is 121 Å². The predicted molar refractivity (Wildman–Crippen MR) is 93.9 cm³/mol. The number of rotatable bonds is 15. The van der Waals surface area contributed by atoms with E-state index < -0.39 is 6.10 Å². The molecule has 0 aliphatic heterocycles. The zero-order chi connectivity index (χ0) is 16.3. The van der Waals surface area contributed by atoms with E-state index in [2.05, 4.69) is 6.92 Å². The summed E-state index contributed by atoms with van der Waals surface area (Å²) in [6, 6.07) is 0. The largest absolute Gasteiger partial charge is 0.393 e. The summed E-state index contributed by atoms with van der Waals surface area (Å²) in [4.78, 5) is 0. The summed E-state index contributed by atoms with van der Waals surface area (Å²) >= 11 is 0. The van der Waals surface area contributed by atoms with E-state index in [-0.39, 0.29) is 11.6 Å². The fourth-order valence-electron chi connectivity index (χ4n) is 3.13. The lowest BCUT2D eigenvalue weighted by atomic mass is 9.99. The molecule has 3 nitrogen and oxygen atoms in total. The zero-order valence-electron chi connectivity index (χ0n) is 14.7. The molecular formula is C19H39NO2. The Kier molecular flexibility index (Phi) is 10.3. The van der Waals surface area contributed by atoms with Crippen molar-refractivity contribution < 1.29 is 10.2 Å². The third-order valence-electron chi connectivity index (χ3n) is 5.13. The van der Waals surface area contributed by atoms with Crippen LogP contribution < -0.4 is 5.73 Å². The van der Waals surface area contributed by atoms with Crippen molar-refractivity contribution in [3.05, 3.63) is 0 Å². The Balaban J connectivity index is 1.81. The fraction of sp³-hybridized carbons (Fsp3) is 1.00. The van der Waals surface area contributed by atoms with Crippen LogP contribution in [0.2, 0.25) is 0 Å². The minimum atomic E-state index is -0.518. The van der Waals surface area contributed by atoms with E-state index in [1.165, 1.54) is 64.2 Å². The maximum atomic E-state index is 9.94. The first-order chi connectivity index (χ1) is 10.6. The lowest BCUT2D eigenvalue weighted by Crippen LogP contribution is -2.39. The molecule has 0 spiro atoms. The number of hydrogen-bond acceptors (Lipinski definition) is 3. The van der Waals surface area contributed by atoms with Crippen LogP contribution in [0.1, 0.15) is 103 Å². The van der Waals surface area contributed by atoms with E-state index in [1.807, 2.05) is 0 Å². The van der Waals surface area contributed by atoms with Gasteiger partial charge in [-0.1, -0.05) is 77.6 Å². The Morgan fingerprint density at radius 2 is 1.27 bits per heavy atom. The molecular weight excluding hydrogens is 274 g/mol. The minimum Gasteiger partial charge on any atom is -0.393 e. The van der Waals surface area contributed by atoms with Crippen LogP contribution in [0.5, 0.6) is 0 Å². The van der Waals surface area contributed by atoms with Crippen molar-refractivity contribution >= 4 is 0 Å². The van der Waals surface area contributed by atoms with Crippen molar-refractivity contribution in [1.29, 1.82) is 0 Å². The van der Waals surface area contributed by atoms with E-state index in [1.54, 1.807) is 0 Å². The second kappa shape index (κ2) is 11.4. The van der Waals surface area contributed by atoms with Crippen molar-refractivity contribution in [1.82, 2.24) is 0 Å². The van der Waals surface area contributed by atoms with Gasteiger partial charge in [0.05, 0.1) is 12.2 Å². The second-order valence-corrected chi connectivity index (χ2v) is 7.46. The highest BCUT2D eigenvalue weighted by atomic mass is 16.3. The van der Waals surface area contributed by atoms with Gasteiger partial charge in [0.15, 0.2) is 0 Å². The molecule has 1 unspecified atom stereocenters. The molecule has 3 heteroatoms. The normalized spacial score (nSPS) is 19.1. The molecule has 1 saturated carbocycles. The summed E-state index contributed by atoms with van der Waals surface area (Å²) in [6.07, 6.45) is 16.7. The number of nitrogens with two attached hydrogens (primary N) is 1. The van der Waals surface area contributed by atoms with Gasteiger partial charge in [0.1, 0.15) is 0 Å². The van der Waals surface area contributed by atoms with Gasteiger partial charge in [0, 0.05) is 12.0 Å². The lowest BCUT2D eigenvalue weighted by Gasteiger charge is -2.20. The van der Waals surface area contributed by atoms with Crippen LogP contribution in [0.3, 0.4) is 0 Å². The molecule has 1 rings (SSSR count). The maximum absolute atomic E-state index is 9.94. The van der Waals surface area contributed by atoms with Crippen LogP contribution in [0.15, 0.2) is 0 Å². The molecule has 0 aromatic carbocycles. The quantitative estimate of drug-likeness (QED) is 0.395. The van der Waals surface area contributed by atoms with Crippen LogP contribution in [0.4, 0.5) is 0 Å². The molecule has 1 aliphatic rings. The van der Waals surface area contributed by atoms with Crippen molar-refractivity contribution in [2.24, 2.45) is 5.73 Å². The van der Waals surface area contributed by atoms with E-state index in [9.17, 15) is 10.2 Å². The minimum absolute atomic E-state index is 0.377. The number of aliphatic hydroxyl groups excluding tert-OH is 2. The van der Waals surface area contributed by atoms with Gasteiger partial charge in [-0.15, -0.1) is 0 Å². The van der Waals surface area contributed by atoms with Crippen LogP contribution in [0, 0.1) is 0 Å². The summed E-state index contributed by atoms with van der Waals surface area (Å²) in [6.45, 7) is 2.26. The molecule has 22 heavy (non-hydrogen) atoms. The number of unbranched alkanes of at least 4 members (excludes halogenated alkanes) is 10. The van der Waals surface area contributed by atoms with Crippen molar-refractivity contribution in [3.63, 3.8) is 0 Å². The number of hydrogen-bond donors (Lipinski definition) is 3. The van der Waals surface area contributed by atoms with Gasteiger partial charge >= 0.3 is 0 Å². The molecule has 1 fully saturated rings. The first-order valence-corrected chi connectivity index (χ1v) is 9.73. The highest BCUT2D eigenvalue weighted by molar-refractivity contribution is 5.04. The SMILES string of the molecule is CCCCCCCCCCCCCC(O)C[C@H](O)C1(N)CC1. The molecule has 0 heterocycles. The van der Waals surface area contributed by atoms with E-state index in [0.29, 0.717) is 6.42 Å². The molecule has 1 aliphatic carbocycles. The summed E-state index contributed by atoms with van der Waals surface area (Å²) in [7, 11) is 0. The first-order valence-electron chi connectivity index (χ1n) is 9.73. The Bertz CT molecular complexity index is 266. The average molecular weight is 314 g/mol. The topological polar surface area (TPSA) is 66.5 Å². The molecule has 0 radical (unpaired) electrons. The van der Waals surface area contributed by atoms with Gasteiger partial charge in [0.2, 0.25) is 0 Å².